The smallest absolute Gasteiger partial charge is 0.328 e. The SMILES string of the molecule is O=C1NCCN1C(=O)N1CC[C@@H](Oc2cnccn2)C1. The van der Waals surface area contributed by atoms with Crippen molar-refractivity contribution in [2.75, 3.05) is 26.2 Å². The van der Waals surface area contributed by atoms with E-state index in [1.165, 1.54) is 4.90 Å². The molecule has 3 rings (SSSR count). The van der Waals surface area contributed by atoms with Crippen LogP contribution in [0.1, 0.15) is 6.42 Å². The minimum absolute atomic E-state index is 0.110. The van der Waals surface area contributed by atoms with Crippen LogP contribution >= 0.6 is 0 Å². The molecule has 2 aliphatic rings. The molecule has 1 aromatic heterocycles. The summed E-state index contributed by atoms with van der Waals surface area (Å²) in [6.45, 7) is 1.97. The number of likely N-dealkylation sites (tertiary alicyclic amines) is 1. The Morgan fingerprint density at radius 3 is 3.00 bits per heavy atom. The zero-order chi connectivity index (χ0) is 13.9. The Morgan fingerprint density at radius 2 is 2.30 bits per heavy atom. The number of ether oxygens (including phenoxy) is 1. The molecule has 2 aliphatic heterocycles. The first-order valence-corrected chi connectivity index (χ1v) is 6.51. The Labute approximate surface area is 115 Å². The van der Waals surface area contributed by atoms with Gasteiger partial charge >= 0.3 is 12.1 Å². The number of nitrogens with one attached hydrogen (secondary N) is 1. The van der Waals surface area contributed by atoms with Gasteiger partial charge in [-0.15, -0.1) is 0 Å². The largest absolute Gasteiger partial charge is 0.471 e. The normalized spacial score (nSPS) is 22.0. The molecule has 0 aliphatic carbocycles. The van der Waals surface area contributed by atoms with Crippen LogP contribution in [0.5, 0.6) is 5.88 Å². The number of carbonyl (C=O) groups is 2. The fourth-order valence-electron chi connectivity index (χ4n) is 2.34. The third-order valence-corrected chi connectivity index (χ3v) is 3.33. The highest BCUT2D eigenvalue weighted by atomic mass is 16.5. The van der Waals surface area contributed by atoms with Crippen molar-refractivity contribution in [3.05, 3.63) is 18.6 Å². The summed E-state index contributed by atoms with van der Waals surface area (Å²) in [7, 11) is 0. The van der Waals surface area contributed by atoms with Gasteiger partial charge in [0.2, 0.25) is 5.88 Å². The van der Waals surface area contributed by atoms with Gasteiger partial charge in [-0.05, 0) is 0 Å². The molecule has 1 aromatic rings. The maximum Gasteiger partial charge on any atom is 0.328 e. The third-order valence-electron chi connectivity index (χ3n) is 3.33. The van der Waals surface area contributed by atoms with E-state index < -0.39 is 0 Å². The van der Waals surface area contributed by atoms with E-state index in [0.717, 1.165) is 6.42 Å². The Bertz CT molecular complexity index is 509. The van der Waals surface area contributed by atoms with Gasteiger partial charge in [-0.25, -0.2) is 19.5 Å². The van der Waals surface area contributed by atoms with Crippen LogP contribution in [0.25, 0.3) is 0 Å². The molecular formula is C12H15N5O3. The summed E-state index contributed by atoms with van der Waals surface area (Å²) in [4.78, 5) is 34.4. The van der Waals surface area contributed by atoms with Crippen LogP contribution in [0.15, 0.2) is 18.6 Å². The molecule has 20 heavy (non-hydrogen) atoms. The minimum atomic E-state index is -0.326. The molecular weight excluding hydrogens is 262 g/mol. The molecule has 0 aromatic carbocycles. The number of aromatic nitrogens is 2. The molecule has 0 saturated carbocycles. The Kier molecular flexibility index (Phi) is 3.36. The lowest BCUT2D eigenvalue weighted by atomic mass is 10.3. The lowest BCUT2D eigenvalue weighted by Crippen LogP contribution is -2.44. The number of carbonyl (C=O) groups excluding carboxylic acids is 2. The lowest BCUT2D eigenvalue weighted by Gasteiger charge is -2.21. The monoisotopic (exact) mass is 277 g/mol. The molecule has 8 nitrogen and oxygen atoms in total. The molecule has 0 bridgehead atoms. The van der Waals surface area contributed by atoms with E-state index >= 15 is 0 Å². The van der Waals surface area contributed by atoms with Crippen LogP contribution in [0.2, 0.25) is 0 Å². The maximum absolute atomic E-state index is 12.2. The molecule has 3 heterocycles. The summed E-state index contributed by atoms with van der Waals surface area (Å²) in [5.74, 6) is 0.450. The number of hydrogen-bond donors (Lipinski definition) is 1. The van der Waals surface area contributed by atoms with Crippen LogP contribution in [-0.4, -0.2) is 64.1 Å². The number of rotatable bonds is 2. The van der Waals surface area contributed by atoms with Crippen LogP contribution in [0.4, 0.5) is 9.59 Å². The van der Waals surface area contributed by atoms with Gasteiger partial charge in [0.05, 0.1) is 12.7 Å². The molecule has 1 N–H and O–H groups in total. The molecule has 2 fully saturated rings. The summed E-state index contributed by atoms with van der Waals surface area (Å²) < 4.78 is 5.66. The average molecular weight is 277 g/mol. The molecule has 1 atom stereocenters. The van der Waals surface area contributed by atoms with Crippen molar-refractivity contribution in [3.8, 4) is 5.88 Å². The van der Waals surface area contributed by atoms with E-state index in [1.54, 1.807) is 23.5 Å². The summed E-state index contributed by atoms with van der Waals surface area (Å²) in [5.41, 5.74) is 0. The highest BCUT2D eigenvalue weighted by Crippen LogP contribution is 2.17. The number of hydrogen-bond acceptors (Lipinski definition) is 5. The van der Waals surface area contributed by atoms with E-state index in [1.807, 2.05) is 0 Å². The van der Waals surface area contributed by atoms with Crippen molar-refractivity contribution in [2.45, 2.75) is 12.5 Å². The quantitative estimate of drug-likeness (QED) is 0.826. The molecule has 2 saturated heterocycles. The van der Waals surface area contributed by atoms with E-state index in [2.05, 4.69) is 15.3 Å². The van der Waals surface area contributed by atoms with Crippen molar-refractivity contribution in [1.82, 2.24) is 25.1 Å². The van der Waals surface area contributed by atoms with Gasteiger partial charge in [0, 0.05) is 38.4 Å². The first kappa shape index (κ1) is 12.6. The van der Waals surface area contributed by atoms with Gasteiger partial charge in [0.1, 0.15) is 6.10 Å². The summed E-state index contributed by atoms with van der Waals surface area (Å²) >= 11 is 0. The van der Waals surface area contributed by atoms with Crippen molar-refractivity contribution >= 4 is 12.1 Å². The van der Waals surface area contributed by atoms with Gasteiger partial charge in [-0.2, -0.15) is 0 Å². The number of nitrogens with zero attached hydrogens (tertiary/aromatic N) is 4. The van der Waals surface area contributed by atoms with Gasteiger partial charge in [0.25, 0.3) is 0 Å². The van der Waals surface area contributed by atoms with Crippen molar-refractivity contribution < 1.29 is 14.3 Å². The van der Waals surface area contributed by atoms with E-state index in [4.69, 9.17) is 4.74 Å². The second-order valence-electron chi connectivity index (χ2n) is 4.68. The van der Waals surface area contributed by atoms with E-state index in [0.29, 0.717) is 32.1 Å². The van der Waals surface area contributed by atoms with Gasteiger partial charge in [0.15, 0.2) is 0 Å². The minimum Gasteiger partial charge on any atom is -0.471 e. The van der Waals surface area contributed by atoms with E-state index in [9.17, 15) is 9.59 Å². The van der Waals surface area contributed by atoms with Crippen molar-refractivity contribution in [2.24, 2.45) is 0 Å². The number of imide groups is 1. The fourth-order valence-corrected chi connectivity index (χ4v) is 2.34. The molecule has 0 spiro atoms. The van der Waals surface area contributed by atoms with Crippen LogP contribution in [0.3, 0.4) is 0 Å². The summed E-state index contributed by atoms with van der Waals surface area (Å²) in [6.07, 6.45) is 5.28. The third kappa shape index (κ3) is 2.49. The predicted octanol–water partition coefficient (Wildman–Crippen LogP) is 0.0749. The predicted molar refractivity (Wildman–Crippen MR) is 68.1 cm³/mol. The topological polar surface area (TPSA) is 87.7 Å². The van der Waals surface area contributed by atoms with Gasteiger partial charge < -0.3 is 15.0 Å². The van der Waals surface area contributed by atoms with E-state index in [-0.39, 0.29) is 18.2 Å². The van der Waals surface area contributed by atoms with Gasteiger partial charge in [-0.3, -0.25) is 4.98 Å². The Balaban J connectivity index is 1.57. The fraction of sp³-hybridized carbons (Fsp3) is 0.500. The Hall–Kier alpha value is -2.38. The van der Waals surface area contributed by atoms with Crippen molar-refractivity contribution in [1.29, 1.82) is 0 Å². The maximum atomic E-state index is 12.2. The lowest BCUT2D eigenvalue weighted by molar-refractivity contribution is 0.160. The average Bonchev–Trinajstić information content (AvgIpc) is 3.08. The molecule has 0 radical (unpaired) electrons. The standard InChI is InChI=1S/C12H15N5O3/c18-11-15-4-6-17(11)12(19)16-5-1-9(8-16)20-10-7-13-2-3-14-10/h2-3,7,9H,1,4-6,8H2,(H,15,18)/t9-/m1/s1. The first-order valence-electron chi connectivity index (χ1n) is 6.51. The van der Waals surface area contributed by atoms with Crippen LogP contribution in [0, 0.1) is 0 Å². The molecule has 4 amide bonds. The van der Waals surface area contributed by atoms with Crippen molar-refractivity contribution in [3.63, 3.8) is 0 Å². The highest BCUT2D eigenvalue weighted by molar-refractivity contribution is 5.95. The number of urea groups is 2. The van der Waals surface area contributed by atoms with Gasteiger partial charge in [-0.1, -0.05) is 0 Å². The number of amides is 4. The zero-order valence-electron chi connectivity index (χ0n) is 10.9. The molecule has 8 heteroatoms. The van der Waals surface area contributed by atoms with Crippen LogP contribution in [-0.2, 0) is 0 Å². The van der Waals surface area contributed by atoms with Crippen LogP contribution < -0.4 is 10.1 Å². The molecule has 0 unspecified atom stereocenters. The zero-order valence-corrected chi connectivity index (χ0v) is 10.9. The second kappa shape index (κ2) is 5.32. The second-order valence-corrected chi connectivity index (χ2v) is 4.68. The Morgan fingerprint density at radius 1 is 1.40 bits per heavy atom. The first-order chi connectivity index (χ1) is 9.74. The highest BCUT2D eigenvalue weighted by Gasteiger charge is 2.35. The molecule has 106 valence electrons. The summed E-state index contributed by atoms with van der Waals surface area (Å²) in [6, 6.07) is -0.585. The summed E-state index contributed by atoms with van der Waals surface area (Å²) in [5, 5.41) is 2.61.